The Morgan fingerprint density at radius 3 is 2.67 bits per heavy atom. The molecule has 1 amide bonds. The molecule has 0 aliphatic carbocycles. The Balaban J connectivity index is 1.82. The number of aryl methyl sites for hydroxylation is 1. The Morgan fingerprint density at radius 1 is 1.12 bits per heavy atom. The second-order valence-corrected chi connectivity index (χ2v) is 5.37. The Hall–Kier alpha value is -3.28. The number of rotatable bonds is 4. The van der Waals surface area contributed by atoms with Crippen LogP contribution in [0.1, 0.15) is 21.6 Å². The Morgan fingerprint density at radius 2 is 1.92 bits per heavy atom. The number of nitrogens with zero attached hydrogens (tertiary/aromatic N) is 3. The van der Waals surface area contributed by atoms with E-state index in [1.807, 2.05) is 43.3 Å². The van der Waals surface area contributed by atoms with Gasteiger partial charge in [-0.1, -0.05) is 30.3 Å². The molecule has 1 N–H and O–H groups in total. The molecule has 0 atom stereocenters. The predicted molar refractivity (Wildman–Crippen MR) is 91.0 cm³/mol. The molecule has 1 aromatic carbocycles. The predicted octanol–water partition coefficient (Wildman–Crippen LogP) is 2.25. The minimum absolute atomic E-state index is 0.161. The van der Waals surface area contributed by atoms with E-state index in [1.54, 1.807) is 12.3 Å². The third-order valence-electron chi connectivity index (χ3n) is 3.43. The Kier molecular flexibility index (Phi) is 4.47. The maximum absolute atomic E-state index is 12.3. The number of carbonyl (C=O) groups is 1. The Labute approximate surface area is 138 Å². The van der Waals surface area contributed by atoms with E-state index in [2.05, 4.69) is 15.4 Å². The molecule has 2 aromatic heterocycles. The standard InChI is InChI=1S/C18H16N4O2/c1-13-9-10-19-16(11-13)20-18(24)15-7-8-17(23)22(21-15)12-14-5-3-2-4-6-14/h2-11H,12H2,1H3,(H,19,20,24). The molecular weight excluding hydrogens is 304 g/mol. The molecular formula is C18H16N4O2. The quantitative estimate of drug-likeness (QED) is 0.800. The largest absolute Gasteiger partial charge is 0.305 e. The molecule has 0 aliphatic heterocycles. The lowest BCUT2D eigenvalue weighted by atomic mass is 10.2. The van der Waals surface area contributed by atoms with Gasteiger partial charge in [0.2, 0.25) is 0 Å². The van der Waals surface area contributed by atoms with Crippen molar-refractivity contribution in [3.8, 4) is 0 Å². The normalized spacial score (nSPS) is 10.4. The highest BCUT2D eigenvalue weighted by molar-refractivity contribution is 6.02. The zero-order valence-electron chi connectivity index (χ0n) is 13.1. The second kappa shape index (κ2) is 6.87. The molecule has 6 heteroatoms. The van der Waals surface area contributed by atoms with Crippen molar-refractivity contribution in [2.45, 2.75) is 13.5 Å². The van der Waals surface area contributed by atoms with Crippen LogP contribution in [0.5, 0.6) is 0 Å². The summed E-state index contributed by atoms with van der Waals surface area (Å²) in [6.45, 7) is 2.22. The van der Waals surface area contributed by atoms with Gasteiger partial charge in [-0.3, -0.25) is 9.59 Å². The molecule has 3 aromatic rings. The van der Waals surface area contributed by atoms with E-state index in [-0.39, 0.29) is 11.3 Å². The maximum Gasteiger partial charge on any atom is 0.277 e. The molecule has 0 fully saturated rings. The van der Waals surface area contributed by atoms with Gasteiger partial charge < -0.3 is 5.32 Å². The summed E-state index contributed by atoms with van der Waals surface area (Å²) in [5.41, 5.74) is 1.82. The molecule has 24 heavy (non-hydrogen) atoms. The van der Waals surface area contributed by atoms with E-state index >= 15 is 0 Å². The summed E-state index contributed by atoms with van der Waals surface area (Å²) in [7, 11) is 0. The number of nitrogens with one attached hydrogen (secondary N) is 1. The molecule has 0 saturated carbocycles. The number of benzene rings is 1. The molecule has 120 valence electrons. The van der Waals surface area contributed by atoms with E-state index in [0.717, 1.165) is 11.1 Å². The summed E-state index contributed by atoms with van der Waals surface area (Å²) in [6.07, 6.45) is 1.62. The van der Waals surface area contributed by atoms with Gasteiger partial charge in [0.25, 0.3) is 11.5 Å². The summed E-state index contributed by atoms with van der Waals surface area (Å²) >= 11 is 0. The number of pyridine rings is 1. The highest BCUT2D eigenvalue weighted by atomic mass is 16.2. The topological polar surface area (TPSA) is 76.9 Å². The molecule has 0 unspecified atom stereocenters. The third-order valence-corrected chi connectivity index (χ3v) is 3.43. The fourth-order valence-corrected chi connectivity index (χ4v) is 2.22. The number of hydrogen-bond acceptors (Lipinski definition) is 4. The lowest BCUT2D eigenvalue weighted by Gasteiger charge is -2.08. The lowest BCUT2D eigenvalue weighted by molar-refractivity contribution is 0.101. The van der Waals surface area contributed by atoms with Crippen LogP contribution in [0.2, 0.25) is 0 Å². The van der Waals surface area contributed by atoms with Crippen LogP contribution in [0.3, 0.4) is 0 Å². The van der Waals surface area contributed by atoms with Gasteiger partial charge in [-0.2, -0.15) is 5.10 Å². The summed E-state index contributed by atoms with van der Waals surface area (Å²) in [4.78, 5) is 28.4. The van der Waals surface area contributed by atoms with Crippen molar-refractivity contribution in [1.82, 2.24) is 14.8 Å². The van der Waals surface area contributed by atoms with Crippen molar-refractivity contribution in [2.24, 2.45) is 0 Å². The van der Waals surface area contributed by atoms with Crippen LogP contribution in [0.4, 0.5) is 5.82 Å². The number of anilines is 1. The van der Waals surface area contributed by atoms with Crippen molar-refractivity contribution in [1.29, 1.82) is 0 Å². The van der Waals surface area contributed by atoms with Crippen molar-refractivity contribution in [3.05, 3.63) is 88.0 Å². The third kappa shape index (κ3) is 3.73. The van der Waals surface area contributed by atoms with Crippen LogP contribution in [-0.2, 0) is 6.54 Å². The first-order valence-corrected chi connectivity index (χ1v) is 7.48. The van der Waals surface area contributed by atoms with Gasteiger partial charge in [-0.05, 0) is 36.2 Å². The van der Waals surface area contributed by atoms with Gasteiger partial charge in [0.05, 0.1) is 6.54 Å². The molecule has 0 spiro atoms. The molecule has 0 saturated heterocycles. The number of carbonyl (C=O) groups excluding carboxylic acids is 1. The van der Waals surface area contributed by atoms with E-state index < -0.39 is 5.91 Å². The molecule has 6 nitrogen and oxygen atoms in total. The molecule has 2 heterocycles. The zero-order chi connectivity index (χ0) is 16.9. The van der Waals surface area contributed by atoms with Crippen molar-refractivity contribution < 1.29 is 4.79 Å². The van der Waals surface area contributed by atoms with Crippen molar-refractivity contribution in [2.75, 3.05) is 5.32 Å². The lowest BCUT2D eigenvalue weighted by Crippen LogP contribution is -2.26. The van der Waals surface area contributed by atoms with Gasteiger partial charge in [0.15, 0.2) is 0 Å². The average Bonchev–Trinajstić information content (AvgIpc) is 2.58. The fourth-order valence-electron chi connectivity index (χ4n) is 2.22. The zero-order valence-corrected chi connectivity index (χ0v) is 13.1. The van der Waals surface area contributed by atoms with Crippen LogP contribution in [-0.4, -0.2) is 20.7 Å². The van der Waals surface area contributed by atoms with Gasteiger partial charge in [-0.25, -0.2) is 9.67 Å². The minimum atomic E-state index is -0.407. The summed E-state index contributed by atoms with van der Waals surface area (Å²) in [5.74, 6) is 0.0394. The first kappa shape index (κ1) is 15.6. The average molecular weight is 320 g/mol. The van der Waals surface area contributed by atoms with Gasteiger partial charge in [0.1, 0.15) is 11.5 Å². The van der Waals surface area contributed by atoms with E-state index in [9.17, 15) is 9.59 Å². The number of amides is 1. The maximum atomic E-state index is 12.3. The Bertz CT molecular complexity index is 920. The molecule has 0 aliphatic rings. The van der Waals surface area contributed by atoms with E-state index in [4.69, 9.17) is 0 Å². The number of aromatic nitrogens is 3. The highest BCUT2D eigenvalue weighted by Crippen LogP contribution is 2.07. The van der Waals surface area contributed by atoms with Crippen LogP contribution in [0, 0.1) is 6.92 Å². The fraction of sp³-hybridized carbons (Fsp3) is 0.111. The van der Waals surface area contributed by atoms with E-state index in [0.29, 0.717) is 12.4 Å². The SMILES string of the molecule is Cc1ccnc(NC(=O)c2ccc(=O)n(Cc3ccccc3)n2)c1. The van der Waals surface area contributed by atoms with E-state index in [1.165, 1.54) is 16.8 Å². The first-order valence-electron chi connectivity index (χ1n) is 7.48. The molecule has 0 bridgehead atoms. The van der Waals surface area contributed by atoms with Crippen LogP contribution in [0.25, 0.3) is 0 Å². The summed E-state index contributed by atoms with van der Waals surface area (Å²) < 4.78 is 1.27. The second-order valence-electron chi connectivity index (χ2n) is 5.37. The van der Waals surface area contributed by atoms with Gasteiger partial charge in [-0.15, -0.1) is 0 Å². The van der Waals surface area contributed by atoms with Crippen molar-refractivity contribution in [3.63, 3.8) is 0 Å². The smallest absolute Gasteiger partial charge is 0.277 e. The highest BCUT2D eigenvalue weighted by Gasteiger charge is 2.11. The van der Waals surface area contributed by atoms with Crippen molar-refractivity contribution >= 4 is 11.7 Å². The van der Waals surface area contributed by atoms with Gasteiger partial charge in [0, 0.05) is 12.3 Å². The molecule has 3 rings (SSSR count). The monoisotopic (exact) mass is 320 g/mol. The van der Waals surface area contributed by atoms with Crippen LogP contribution >= 0.6 is 0 Å². The first-order chi connectivity index (χ1) is 11.6. The minimum Gasteiger partial charge on any atom is -0.305 e. The van der Waals surface area contributed by atoms with Gasteiger partial charge >= 0.3 is 0 Å². The van der Waals surface area contributed by atoms with Crippen LogP contribution < -0.4 is 10.9 Å². The summed E-state index contributed by atoms with van der Waals surface area (Å²) in [6, 6.07) is 15.8. The summed E-state index contributed by atoms with van der Waals surface area (Å²) in [5, 5.41) is 6.83. The number of hydrogen-bond donors (Lipinski definition) is 1. The molecule has 0 radical (unpaired) electrons. The van der Waals surface area contributed by atoms with Crippen LogP contribution in [0.15, 0.2) is 65.6 Å².